The lowest BCUT2D eigenvalue weighted by Crippen LogP contribution is -2.67. The predicted molar refractivity (Wildman–Crippen MR) is 119 cm³/mol. The van der Waals surface area contributed by atoms with Crippen LogP contribution in [0.15, 0.2) is 48.5 Å². The lowest BCUT2D eigenvalue weighted by molar-refractivity contribution is -0.166. The number of carbonyl (C=O) groups excluding carboxylic acids is 2. The van der Waals surface area contributed by atoms with Crippen LogP contribution in [-0.4, -0.2) is 53.3 Å². The van der Waals surface area contributed by atoms with E-state index < -0.39 is 5.54 Å². The number of ether oxygens (including phenoxy) is 1. The third-order valence-corrected chi connectivity index (χ3v) is 6.83. The van der Waals surface area contributed by atoms with E-state index in [9.17, 15) is 9.59 Å². The second kappa shape index (κ2) is 7.15. The van der Waals surface area contributed by atoms with Gasteiger partial charge in [-0.3, -0.25) is 9.59 Å². The van der Waals surface area contributed by atoms with Gasteiger partial charge in [-0.2, -0.15) is 0 Å². The van der Waals surface area contributed by atoms with Crippen molar-refractivity contribution >= 4 is 22.7 Å². The molecule has 2 aliphatic rings. The summed E-state index contributed by atoms with van der Waals surface area (Å²) in [6, 6.07) is 16.1. The Bertz CT molecular complexity index is 1180. The summed E-state index contributed by atoms with van der Waals surface area (Å²) in [6.07, 6.45) is 0.818. The van der Waals surface area contributed by atoms with Crippen molar-refractivity contribution in [3.63, 3.8) is 0 Å². The van der Waals surface area contributed by atoms with Gasteiger partial charge in [-0.05, 0) is 31.0 Å². The van der Waals surface area contributed by atoms with E-state index in [1.54, 1.807) is 16.9 Å². The summed E-state index contributed by atoms with van der Waals surface area (Å²) in [6.45, 7) is 5.08. The molecule has 0 bridgehead atoms. The first-order chi connectivity index (χ1) is 15.0. The van der Waals surface area contributed by atoms with Gasteiger partial charge in [0, 0.05) is 35.5 Å². The van der Waals surface area contributed by atoms with Crippen LogP contribution < -0.4 is 4.74 Å². The van der Waals surface area contributed by atoms with Crippen LogP contribution in [0.4, 0.5) is 0 Å². The number of nitrogens with zero attached hydrogens (tertiary/aromatic N) is 2. The Hall–Kier alpha value is -3.28. The Morgan fingerprint density at radius 1 is 1.13 bits per heavy atom. The number of para-hydroxylation sites is 2. The van der Waals surface area contributed by atoms with Gasteiger partial charge in [-0.15, -0.1) is 0 Å². The van der Waals surface area contributed by atoms with Gasteiger partial charge in [0.1, 0.15) is 5.75 Å². The van der Waals surface area contributed by atoms with Gasteiger partial charge in [-0.1, -0.05) is 43.3 Å². The number of nitrogens with one attached hydrogen (secondary N) is 1. The Morgan fingerprint density at radius 2 is 1.87 bits per heavy atom. The van der Waals surface area contributed by atoms with E-state index in [-0.39, 0.29) is 24.3 Å². The molecule has 3 heterocycles. The van der Waals surface area contributed by atoms with E-state index in [1.807, 2.05) is 50.2 Å². The van der Waals surface area contributed by atoms with Crippen LogP contribution in [0.5, 0.6) is 5.75 Å². The number of fused-ring (bicyclic) bond motifs is 5. The minimum Gasteiger partial charge on any atom is -0.496 e. The van der Waals surface area contributed by atoms with Crippen molar-refractivity contribution in [3.05, 3.63) is 65.4 Å². The number of aromatic nitrogens is 1. The molecule has 6 nitrogen and oxygen atoms in total. The number of amides is 2. The number of H-pyrrole nitrogens is 1. The van der Waals surface area contributed by atoms with Gasteiger partial charge in [0.25, 0.3) is 5.91 Å². The molecular formula is C25H27N3O3. The average Bonchev–Trinajstić information content (AvgIpc) is 3.18. The fourth-order valence-corrected chi connectivity index (χ4v) is 5.36. The zero-order chi connectivity index (χ0) is 21.8. The quantitative estimate of drug-likeness (QED) is 0.705. The largest absolute Gasteiger partial charge is 0.496 e. The highest BCUT2D eigenvalue weighted by Gasteiger charge is 2.56. The van der Waals surface area contributed by atoms with Crippen molar-refractivity contribution in [1.29, 1.82) is 0 Å². The normalized spacial score (nSPS) is 23.1. The monoisotopic (exact) mass is 417 g/mol. The molecule has 0 aliphatic carbocycles. The molecule has 0 spiro atoms. The lowest BCUT2D eigenvalue weighted by atomic mass is 9.76. The second-order valence-corrected chi connectivity index (χ2v) is 8.56. The molecule has 5 rings (SSSR count). The summed E-state index contributed by atoms with van der Waals surface area (Å²) >= 11 is 0. The fraction of sp³-hybridized carbons (Fsp3) is 0.360. The highest BCUT2D eigenvalue weighted by molar-refractivity contribution is 6.01. The molecule has 0 saturated carbocycles. The molecule has 2 aromatic carbocycles. The molecule has 0 unspecified atom stereocenters. The van der Waals surface area contributed by atoms with E-state index in [0.29, 0.717) is 13.1 Å². The number of aromatic amines is 1. The van der Waals surface area contributed by atoms with Gasteiger partial charge >= 0.3 is 0 Å². The summed E-state index contributed by atoms with van der Waals surface area (Å²) in [5.41, 5.74) is 2.85. The molecule has 2 atom stereocenters. The number of hydrogen-bond donors (Lipinski definition) is 1. The van der Waals surface area contributed by atoms with Gasteiger partial charge in [0.05, 0.1) is 19.3 Å². The molecule has 0 radical (unpaired) electrons. The van der Waals surface area contributed by atoms with Crippen LogP contribution in [0.1, 0.15) is 43.0 Å². The van der Waals surface area contributed by atoms with Gasteiger partial charge in [0.2, 0.25) is 5.91 Å². The van der Waals surface area contributed by atoms with Crippen molar-refractivity contribution in [1.82, 2.24) is 14.8 Å². The minimum absolute atomic E-state index is 0.0137. The maximum Gasteiger partial charge on any atom is 0.254 e. The number of rotatable bonds is 4. The first-order valence-corrected chi connectivity index (χ1v) is 10.8. The van der Waals surface area contributed by atoms with Crippen molar-refractivity contribution in [3.8, 4) is 5.75 Å². The second-order valence-electron chi connectivity index (χ2n) is 8.56. The average molecular weight is 418 g/mol. The molecule has 1 saturated heterocycles. The molecule has 31 heavy (non-hydrogen) atoms. The zero-order valence-electron chi connectivity index (χ0n) is 18.1. The molecule has 3 aromatic rings. The van der Waals surface area contributed by atoms with Crippen molar-refractivity contribution in [2.24, 2.45) is 0 Å². The Balaban J connectivity index is 1.78. The molecule has 6 heteroatoms. The number of piperazine rings is 1. The Kier molecular flexibility index (Phi) is 4.54. The van der Waals surface area contributed by atoms with Crippen molar-refractivity contribution in [2.75, 3.05) is 26.7 Å². The molecule has 2 aliphatic heterocycles. The van der Waals surface area contributed by atoms with E-state index in [2.05, 4.69) is 17.1 Å². The number of hydrogen-bond acceptors (Lipinski definition) is 3. The standard InChI is InChI=1S/C25H27N3O3/c1-4-13-27-15-21(29)28-14-18(16-9-6-8-12-20(16)31-3)22-17-10-5-7-11-19(17)26-23(22)25(28,2)24(27)30/h5-12,18,26H,4,13-15H2,1-3H3/t18-,25-/m1/s1. The molecule has 1 fully saturated rings. The SMILES string of the molecule is CCCN1CC(=O)N2C[C@H](c3ccccc3OC)c3c([nH]c4ccccc34)[C@]2(C)C1=O. The third kappa shape index (κ3) is 2.70. The van der Waals surface area contributed by atoms with Gasteiger partial charge in [-0.25, -0.2) is 0 Å². The number of carbonyl (C=O) groups is 2. The molecule has 2 amide bonds. The summed E-state index contributed by atoms with van der Waals surface area (Å²) in [5.74, 6) is 0.667. The van der Waals surface area contributed by atoms with Crippen molar-refractivity contribution < 1.29 is 14.3 Å². The van der Waals surface area contributed by atoms with Gasteiger partial charge in [0.15, 0.2) is 5.54 Å². The summed E-state index contributed by atoms with van der Waals surface area (Å²) < 4.78 is 5.67. The first kappa shape index (κ1) is 19.7. The van der Waals surface area contributed by atoms with Crippen LogP contribution in [-0.2, 0) is 15.1 Å². The number of methoxy groups -OCH3 is 1. The Morgan fingerprint density at radius 3 is 2.65 bits per heavy atom. The minimum atomic E-state index is -1.04. The Labute approximate surface area is 181 Å². The van der Waals surface area contributed by atoms with Crippen molar-refractivity contribution in [2.45, 2.75) is 31.7 Å². The number of benzene rings is 2. The maximum absolute atomic E-state index is 13.7. The topological polar surface area (TPSA) is 65.6 Å². The van der Waals surface area contributed by atoms with Crippen LogP contribution >= 0.6 is 0 Å². The fourth-order valence-electron chi connectivity index (χ4n) is 5.36. The first-order valence-electron chi connectivity index (χ1n) is 10.8. The van der Waals surface area contributed by atoms with Gasteiger partial charge < -0.3 is 19.5 Å². The molecule has 160 valence electrons. The van der Waals surface area contributed by atoms with Crippen LogP contribution in [0.2, 0.25) is 0 Å². The lowest BCUT2D eigenvalue weighted by Gasteiger charge is -2.51. The van der Waals surface area contributed by atoms with E-state index in [4.69, 9.17) is 4.74 Å². The maximum atomic E-state index is 13.7. The van der Waals surface area contributed by atoms with Crippen LogP contribution in [0.25, 0.3) is 10.9 Å². The van der Waals surface area contributed by atoms with E-state index in [0.717, 1.165) is 39.9 Å². The van der Waals surface area contributed by atoms with E-state index in [1.165, 1.54) is 0 Å². The zero-order valence-corrected chi connectivity index (χ0v) is 18.1. The summed E-state index contributed by atoms with van der Waals surface area (Å²) in [4.78, 5) is 34.0. The van der Waals surface area contributed by atoms with Crippen LogP contribution in [0.3, 0.4) is 0 Å². The summed E-state index contributed by atoms with van der Waals surface area (Å²) in [5, 5.41) is 1.09. The highest BCUT2D eigenvalue weighted by Crippen LogP contribution is 2.49. The molecular weight excluding hydrogens is 390 g/mol. The predicted octanol–water partition coefficient (Wildman–Crippen LogP) is 3.62. The third-order valence-electron chi connectivity index (χ3n) is 6.83. The van der Waals surface area contributed by atoms with E-state index >= 15 is 0 Å². The van der Waals surface area contributed by atoms with Crippen LogP contribution in [0, 0.1) is 0 Å². The summed E-state index contributed by atoms with van der Waals surface area (Å²) in [7, 11) is 1.67. The molecule has 1 N–H and O–H groups in total. The smallest absolute Gasteiger partial charge is 0.254 e. The highest BCUT2D eigenvalue weighted by atomic mass is 16.5. The molecule has 1 aromatic heterocycles.